The van der Waals surface area contributed by atoms with Crippen molar-refractivity contribution in [2.24, 2.45) is 0 Å². The highest BCUT2D eigenvalue weighted by Crippen LogP contribution is 2.27. The second kappa shape index (κ2) is 5.55. The molecule has 0 saturated heterocycles. The van der Waals surface area contributed by atoms with Crippen LogP contribution in [0.1, 0.15) is 23.3 Å². The lowest BCUT2D eigenvalue weighted by Crippen LogP contribution is -1.94. The fraction of sp³-hybridized carbons (Fsp3) is 0.455. The molecule has 2 aromatic rings. The highest BCUT2D eigenvalue weighted by atomic mass is 32.2. The summed E-state index contributed by atoms with van der Waals surface area (Å²) in [5.41, 5.74) is 0.963. The molecule has 0 aliphatic carbocycles. The van der Waals surface area contributed by atoms with Crippen LogP contribution in [0.3, 0.4) is 0 Å². The zero-order valence-corrected chi connectivity index (χ0v) is 11.7. The van der Waals surface area contributed by atoms with Crippen molar-refractivity contribution in [1.82, 2.24) is 9.97 Å². The zero-order chi connectivity index (χ0) is 12.3. The monoisotopic (exact) mass is 269 g/mol. The van der Waals surface area contributed by atoms with E-state index in [4.69, 9.17) is 4.42 Å². The minimum Gasteiger partial charge on any atom is -0.437 e. The van der Waals surface area contributed by atoms with Gasteiger partial charge in [-0.3, -0.25) is 0 Å². The molecule has 0 unspecified atom stereocenters. The third-order valence-corrected chi connectivity index (χ3v) is 4.24. The highest BCUT2D eigenvalue weighted by molar-refractivity contribution is 7.98. The van der Waals surface area contributed by atoms with E-state index in [-0.39, 0.29) is 0 Å². The van der Waals surface area contributed by atoms with E-state index in [1.54, 1.807) is 23.1 Å². The predicted octanol–water partition coefficient (Wildman–Crippen LogP) is 3.47. The van der Waals surface area contributed by atoms with Crippen LogP contribution in [0.25, 0.3) is 0 Å². The van der Waals surface area contributed by atoms with Gasteiger partial charge in [-0.2, -0.15) is 0 Å². The number of anilines is 1. The first-order valence-corrected chi connectivity index (χ1v) is 7.24. The van der Waals surface area contributed by atoms with Gasteiger partial charge in [-0.1, -0.05) is 11.8 Å². The number of oxazole rings is 1. The van der Waals surface area contributed by atoms with Crippen LogP contribution in [-0.4, -0.2) is 16.5 Å². The normalized spacial score (nSPS) is 10.8. The molecule has 0 atom stereocenters. The lowest BCUT2D eigenvalue weighted by atomic mass is 10.4. The van der Waals surface area contributed by atoms with Gasteiger partial charge in [0.1, 0.15) is 5.76 Å². The first kappa shape index (κ1) is 12.4. The van der Waals surface area contributed by atoms with Crippen LogP contribution in [0, 0.1) is 13.8 Å². The zero-order valence-electron chi connectivity index (χ0n) is 10.1. The van der Waals surface area contributed by atoms with Gasteiger partial charge in [0.15, 0.2) is 5.13 Å². The number of hydrogen-bond donors (Lipinski definition) is 1. The fourth-order valence-corrected chi connectivity index (χ4v) is 3.06. The van der Waals surface area contributed by atoms with Crippen molar-refractivity contribution in [3.8, 4) is 0 Å². The average molecular weight is 269 g/mol. The molecule has 0 radical (unpaired) electrons. The van der Waals surface area contributed by atoms with Crippen molar-refractivity contribution in [2.45, 2.75) is 31.7 Å². The van der Waals surface area contributed by atoms with Gasteiger partial charge in [-0.25, -0.2) is 9.97 Å². The molecule has 2 rings (SSSR count). The summed E-state index contributed by atoms with van der Waals surface area (Å²) in [6.07, 6.45) is 1.90. The van der Waals surface area contributed by atoms with Crippen molar-refractivity contribution in [2.75, 3.05) is 11.9 Å². The van der Waals surface area contributed by atoms with Crippen molar-refractivity contribution < 1.29 is 4.42 Å². The van der Waals surface area contributed by atoms with Crippen LogP contribution in [-0.2, 0) is 5.75 Å². The largest absolute Gasteiger partial charge is 0.437 e. The maximum Gasteiger partial charge on any atom is 0.256 e. The van der Waals surface area contributed by atoms with Crippen molar-refractivity contribution in [3.05, 3.63) is 22.5 Å². The standard InChI is InChI=1S/C11H15N3OS2/c1-4-12-10-13-5-9(17-10)6-16-11-14-7(2)8(3)15-11/h5H,4,6H2,1-3H3,(H,12,13). The van der Waals surface area contributed by atoms with Crippen molar-refractivity contribution in [3.63, 3.8) is 0 Å². The maximum atomic E-state index is 5.51. The summed E-state index contributed by atoms with van der Waals surface area (Å²) < 4.78 is 5.51. The minimum absolute atomic E-state index is 0.735. The van der Waals surface area contributed by atoms with Crippen LogP contribution in [0.5, 0.6) is 0 Å². The molecule has 92 valence electrons. The summed E-state index contributed by atoms with van der Waals surface area (Å²) in [5.74, 6) is 1.74. The molecule has 0 saturated carbocycles. The quantitative estimate of drug-likeness (QED) is 0.842. The molecule has 1 N–H and O–H groups in total. The van der Waals surface area contributed by atoms with E-state index in [9.17, 15) is 0 Å². The molecule has 0 amide bonds. The molecule has 0 spiro atoms. The van der Waals surface area contributed by atoms with Gasteiger partial charge in [0.2, 0.25) is 0 Å². The number of rotatable bonds is 5. The summed E-state index contributed by atoms with van der Waals surface area (Å²) >= 11 is 3.28. The van der Waals surface area contributed by atoms with E-state index in [2.05, 4.69) is 22.2 Å². The van der Waals surface area contributed by atoms with E-state index >= 15 is 0 Å². The van der Waals surface area contributed by atoms with Crippen LogP contribution < -0.4 is 5.32 Å². The Kier molecular flexibility index (Phi) is 4.06. The topological polar surface area (TPSA) is 51.0 Å². The number of hydrogen-bond acceptors (Lipinski definition) is 6. The Morgan fingerprint density at radius 1 is 1.47 bits per heavy atom. The summed E-state index contributed by atoms with van der Waals surface area (Å²) in [4.78, 5) is 9.84. The molecular formula is C11H15N3OS2. The van der Waals surface area contributed by atoms with Gasteiger partial charge >= 0.3 is 0 Å². The molecule has 0 bridgehead atoms. The Labute approximate surface area is 109 Å². The van der Waals surface area contributed by atoms with Crippen molar-refractivity contribution >= 4 is 28.2 Å². The van der Waals surface area contributed by atoms with Crippen LogP contribution >= 0.6 is 23.1 Å². The number of thiazole rings is 1. The molecule has 0 aliphatic heterocycles. The van der Waals surface area contributed by atoms with Gasteiger partial charge in [0.05, 0.1) is 5.69 Å². The second-order valence-electron chi connectivity index (χ2n) is 3.57. The van der Waals surface area contributed by atoms with E-state index in [1.165, 1.54) is 4.88 Å². The third-order valence-electron chi connectivity index (χ3n) is 2.23. The van der Waals surface area contributed by atoms with Crippen molar-refractivity contribution in [1.29, 1.82) is 0 Å². The SMILES string of the molecule is CCNc1ncc(CSc2nc(C)c(C)o2)s1. The van der Waals surface area contributed by atoms with E-state index in [1.807, 2.05) is 20.0 Å². The predicted molar refractivity (Wildman–Crippen MR) is 71.8 cm³/mol. The molecule has 0 fully saturated rings. The molecule has 2 aromatic heterocycles. The first-order valence-electron chi connectivity index (χ1n) is 5.44. The van der Waals surface area contributed by atoms with Gasteiger partial charge in [-0.15, -0.1) is 11.3 Å². The number of aryl methyl sites for hydroxylation is 2. The molecule has 6 heteroatoms. The van der Waals surface area contributed by atoms with E-state index in [0.29, 0.717) is 0 Å². The van der Waals surface area contributed by atoms with Crippen LogP contribution in [0.4, 0.5) is 5.13 Å². The molecule has 2 heterocycles. The van der Waals surface area contributed by atoms with Gasteiger partial charge in [-0.05, 0) is 20.8 Å². The lowest BCUT2D eigenvalue weighted by molar-refractivity contribution is 0.431. The first-order chi connectivity index (χ1) is 8.19. The number of nitrogens with one attached hydrogen (secondary N) is 1. The Balaban J connectivity index is 1.92. The average Bonchev–Trinajstić information content (AvgIpc) is 2.85. The molecular weight excluding hydrogens is 254 g/mol. The summed E-state index contributed by atoms with van der Waals surface area (Å²) in [5, 5.41) is 4.91. The molecule has 0 aliphatic rings. The highest BCUT2D eigenvalue weighted by Gasteiger charge is 2.08. The summed E-state index contributed by atoms with van der Waals surface area (Å²) in [6, 6.07) is 0. The Hall–Kier alpha value is -1.01. The third kappa shape index (κ3) is 3.23. The number of aromatic nitrogens is 2. The molecule has 17 heavy (non-hydrogen) atoms. The van der Waals surface area contributed by atoms with Gasteiger partial charge < -0.3 is 9.73 Å². The summed E-state index contributed by atoms with van der Waals surface area (Å²) in [6.45, 7) is 6.85. The summed E-state index contributed by atoms with van der Waals surface area (Å²) in [7, 11) is 0. The smallest absolute Gasteiger partial charge is 0.256 e. The second-order valence-corrected chi connectivity index (χ2v) is 5.61. The van der Waals surface area contributed by atoms with E-state index in [0.717, 1.165) is 34.1 Å². The lowest BCUT2D eigenvalue weighted by Gasteiger charge is -1.94. The van der Waals surface area contributed by atoms with Gasteiger partial charge in [0, 0.05) is 23.4 Å². The Bertz CT molecular complexity index is 473. The minimum atomic E-state index is 0.735. The van der Waals surface area contributed by atoms with Crippen LogP contribution in [0.2, 0.25) is 0 Å². The number of nitrogens with zero attached hydrogens (tertiary/aromatic N) is 2. The van der Waals surface area contributed by atoms with Gasteiger partial charge in [0.25, 0.3) is 5.22 Å². The fourth-order valence-electron chi connectivity index (χ4n) is 1.25. The Morgan fingerprint density at radius 3 is 2.94 bits per heavy atom. The number of thioether (sulfide) groups is 1. The molecule has 0 aromatic carbocycles. The molecule has 4 nitrogen and oxygen atoms in total. The maximum absolute atomic E-state index is 5.51. The van der Waals surface area contributed by atoms with E-state index < -0.39 is 0 Å². The van der Waals surface area contributed by atoms with Crippen LogP contribution in [0.15, 0.2) is 15.8 Å². The Morgan fingerprint density at radius 2 is 2.29 bits per heavy atom.